The molecule has 1 atom stereocenters. The van der Waals surface area contributed by atoms with E-state index in [-0.39, 0.29) is 5.91 Å². The number of nitrogens with zero attached hydrogens (tertiary/aromatic N) is 2. The summed E-state index contributed by atoms with van der Waals surface area (Å²) in [6.07, 6.45) is 2.71. The van der Waals surface area contributed by atoms with E-state index in [0.717, 1.165) is 0 Å². The Hall–Kier alpha value is -2.94. The summed E-state index contributed by atoms with van der Waals surface area (Å²) in [6, 6.07) is 10.1. The van der Waals surface area contributed by atoms with E-state index in [4.69, 9.17) is 11.0 Å². The Bertz CT molecular complexity index is 731. The molecule has 1 aromatic heterocycles. The van der Waals surface area contributed by atoms with Crippen LogP contribution in [-0.2, 0) is 4.79 Å². The normalized spacial score (nSPS) is 11.6. The lowest BCUT2D eigenvalue weighted by atomic mass is 10.1. The minimum absolute atomic E-state index is 0.317. The number of para-hydroxylation sites is 1. The Morgan fingerprint density at radius 1 is 1.32 bits per heavy atom. The first kappa shape index (κ1) is 15.4. The van der Waals surface area contributed by atoms with E-state index in [1.165, 1.54) is 0 Å². The van der Waals surface area contributed by atoms with Gasteiger partial charge in [0, 0.05) is 18.0 Å². The van der Waals surface area contributed by atoms with Crippen molar-refractivity contribution in [3.05, 3.63) is 42.1 Å². The Kier molecular flexibility index (Phi) is 5.04. The highest BCUT2D eigenvalue weighted by atomic mass is 16.2. The molecule has 0 unspecified atom stereocenters. The van der Waals surface area contributed by atoms with Crippen molar-refractivity contribution in [3.8, 4) is 6.07 Å². The zero-order valence-electron chi connectivity index (χ0n) is 12.0. The van der Waals surface area contributed by atoms with E-state index >= 15 is 0 Å². The SMILES string of the molecule is N#CCCC[C@@H](NC(=O)c1ccnc2ccccc12)C(N)=O. The minimum Gasteiger partial charge on any atom is -0.368 e. The van der Waals surface area contributed by atoms with Gasteiger partial charge in [0.05, 0.1) is 17.1 Å². The number of primary amides is 1. The monoisotopic (exact) mass is 296 g/mol. The van der Waals surface area contributed by atoms with Crippen molar-refractivity contribution in [2.24, 2.45) is 5.73 Å². The summed E-state index contributed by atoms with van der Waals surface area (Å²) >= 11 is 0. The third kappa shape index (κ3) is 3.58. The maximum atomic E-state index is 12.4. The Balaban J connectivity index is 2.19. The Morgan fingerprint density at radius 2 is 2.09 bits per heavy atom. The van der Waals surface area contributed by atoms with Crippen molar-refractivity contribution in [2.45, 2.75) is 25.3 Å². The molecule has 2 rings (SSSR count). The molecule has 3 N–H and O–H groups in total. The number of nitrogens with one attached hydrogen (secondary N) is 1. The van der Waals surface area contributed by atoms with Crippen LogP contribution in [0.15, 0.2) is 36.5 Å². The van der Waals surface area contributed by atoms with Gasteiger partial charge in [-0.1, -0.05) is 18.2 Å². The number of hydrogen-bond donors (Lipinski definition) is 2. The van der Waals surface area contributed by atoms with Gasteiger partial charge in [-0.3, -0.25) is 14.6 Å². The summed E-state index contributed by atoms with van der Waals surface area (Å²) in [4.78, 5) is 28.0. The molecule has 0 saturated heterocycles. The fourth-order valence-electron chi connectivity index (χ4n) is 2.20. The molecule has 2 aromatic rings. The van der Waals surface area contributed by atoms with E-state index in [0.29, 0.717) is 35.7 Å². The summed E-state index contributed by atoms with van der Waals surface area (Å²) in [5.41, 5.74) is 6.45. The van der Waals surface area contributed by atoms with Crippen molar-refractivity contribution in [1.29, 1.82) is 5.26 Å². The number of fused-ring (bicyclic) bond motifs is 1. The number of nitrogens with two attached hydrogens (primary N) is 1. The highest BCUT2D eigenvalue weighted by Crippen LogP contribution is 2.16. The quantitative estimate of drug-likeness (QED) is 0.787. The van der Waals surface area contributed by atoms with Gasteiger partial charge in [0.1, 0.15) is 6.04 Å². The summed E-state index contributed by atoms with van der Waals surface area (Å²) in [6.45, 7) is 0. The molecule has 1 aromatic carbocycles. The second-order valence-electron chi connectivity index (χ2n) is 4.85. The molecular weight excluding hydrogens is 280 g/mol. The van der Waals surface area contributed by atoms with Gasteiger partial charge in [-0.15, -0.1) is 0 Å². The van der Waals surface area contributed by atoms with Crippen molar-refractivity contribution >= 4 is 22.7 Å². The van der Waals surface area contributed by atoms with Gasteiger partial charge in [-0.25, -0.2) is 0 Å². The number of hydrogen-bond acceptors (Lipinski definition) is 4. The molecule has 0 spiro atoms. The lowest BCUT2D eigenvalue weighted by Gasteiger charge is -2.15. The molecule has 0 aliphatic heterocycles. The number of pyridine rings is 1. The molecule has 6 heteroatoms. The zero-order chi connectivity index (χ0) is 15.9. The fraction of sp³-hybridized carbons (Fsp3) is 0.250. The number of carbonyl (C=O) groups is 2. The molecule has 1 heterocycles. The van der Waals surface area contributed by atoms with E-state index in [1.807, 2.05) is 24.3 Å². The van der Waals surface area contributed by atoms with Gasteiger partial charge >= 0.3 is 0 Å². The van der Waals surface area contributed by atoms with Crippen LogP contribution >= 0.6 is 0 Å². The number of benzene rings is 1. The maximum Gasteiger partial charge on any atom is 0.252 e. The number of aromatic nitrogens is 1. The summed E-state index contributed by atoms with van der Waals surface area (Å²) < 4.78 is 0. The van der Waals surface area contributed by atoms with Crippen LogP contribution in [0.4, 0.5) is 0 Å². The molecule has 0 bridgehead atoms. The standard InChI is InChI=1S/C16H16N4O2/c17-9-4-3-7-14(15(18)21)20-16(22)12-8-10-19-13-6-2-1-5-11(12)13/h1-2,5-6,8,10,14H,3-4,7H2,(H2,18,21)(H,20,22)/t14-/m1/s1. The molecule has 2 amide bonds. The fourth-order valence-corrected chi connectivity index (χ4v) is 2.20. The molecule has 22 heavy (non-hydrogen) atoms. The number of amides is 2. The number of carbonyl (C=O) groups excluding carboxylic acids is 2. The zero-order valence-corrected chi connectivity index (χ0v) is 12.0. The third-order valence-corrected chi connectivity index (χ3v) is 3.32. The average Bonchev–Trinajstić information content (AvgIpc) is 2.53. The van der Waals surface area contributed by atoms with Gasteiger partial charge in [0.15, 0.2) is 0 Å². The summed E-state index contributed by atoms with van der Waals surface area (Å²) in [5, 5.41) is 11.9. The molecular formula is C16H16N4O2. The van der Waals surface area contributed by atoms with E-state index in [9.17, 15) is 9.59 Å². The molecule has 0 radical (unpaired) electrons. The largest absolute Gasteiger partial charge is 0.368 e. The van der Waals surface area contributed by atoms with E-state index in [1.54, 1.807) is 18.3 Å². The van der Waals surface area contributed by atoms with Gasteiger partial charge < -0.3 is 11.1 Å². The smallest absolute Gasteiger partial charge is 0.252 e. The van der Waals surface area contributed by atoms with Crippen LogP contribution in [0.1, 0.15) is 29.6 Å². The second-order valence-corrected chi connectivity index (χ2v) is 4.85. The lowest BCUT2D eigenvalue weighted by Crippen LogP contribution is -2.44. The van der Waals surface area contributed by atoms with Gasteiger partial charge in [0.2, 0.25) is 5.91 Å². The van der Waals surface area contributed by atoms with E-state index in [2.05, 4.69) is 10.3 Å². The topological polar surface area (TPSA) is 109 Å². The molecule has 6 nitrogen and oxygen atoms in total. The summed E-state index contributed by atoms with van der Waals surface area (Å²) in [7, 11) is 0. The van der Waals surface area contributed by atoms with Crippen LogP contribution in [0, 0.1) is 11.3 Å². The number of nitriles is 1. The van der Waals surface area contributed by atoms with Crippen LogP contribution < -0.4 is 11.1 Å². The van der Waals surface area contributed by atoms with Gasteiger partial charge in [-0.05, 0) is 25.0 Å². The van der Waals surface area contributed by atoms with Gasteiger partial charge in [0.25, 0.3) is 5.91 Å². The maximum absolute atomic E-state index is 12.4. The van der Waals surface area contributed by atoms with Crippen molar-refractivity contribution < 1.29 is 9.59 Å². The van der Waals surface area contributed by atoms with Gasteiger partial charge in [-0.2, -0.15) is 5.26 Å². The minimum atomic E-state index is -0.784. The van der Waals surface area contributed by atoms with Crippen molar-refractivity contribution in [1.82, 2.24) is 10.3 Å². The number of rotatable bonds is 6. The molecule has 112 valence electrons. The predicted molar refractivity (Wildman–Crippen MR) is 81.7 cm³/mol. The van der Waals surface area contributed by atoms with Crippen molar-refractivity contribution in [2.75, 3.05) is 0 Å². The first-order chi connectivity index (χ1) is 10.6. The predicted octanol–water partition coefficient (Wildman–Crippen LogP) is 1.51. The molecule has 0 fully saturated rings. The average molecular weight is 296 g/mol. The highest BCUT2D eigenvalue weighted by Gasteiger charge is 2.19. The van der Waals surface area contributed by atoms with Crippen LogP contribution in [0.3, 0.4) is 0 Å². The Morgan fingerprint density at radius 3 is 2.82 bits per heavy atom. The molecule has 0 saturated carbocycles. The first-order valence-electron chi connectivity index (χ1n) is 6.94. The molecule has 0 aliphatic rings. The van der Waals surface area contributed by atoms with Crippen LogP contribution in [0.2, 0.25) is 0 Å². The highest BCUT2D eigenvalue weighted by molar-refractivity contribution is 6.07. The summed E-state index contributed by atoms with van der Waals surface area (Å²) in [5.74, 6) is -0.982. The van der Waals surface area contributed by atoms with Crippen LogP contribution in [0.25, 0.3) is 10.9 Å². The van der Waals surface area contributed by atoms with Crippen molar-refractivity contribution in [3.63, 3.8) is 0 Å². The Labute approximate surface area is 127 Å². The van der Waals surface area contributed by atoms with Crippen LogP contribution in [-0.4, -0.2) is 22.8 Å². The molecule has 0 aliphatic carbocycles. The number of unbranched alkanes of at least 4 members (excludes halogenated alkanes) is 1. The first-order valence-corrected chi connectivity index (χ1v) is 6.94. The lowest BCUT2D eigenvalue weighted by molar-refractivity contribution is -0.120. The second kappa shape index (κ2) is 7.18. The van der Waals surface area contributed by atoms with Crippen LogP contribution in [0.5, 0.6) is 0 Å². The van der Waals surface area contributed by atoms with E-state index < -0.39 is 11.9 Å². The third-order valence-electron chi connectivity index (χ3n) is 3.32.